The molecule has 0 bridgehead atoms. The molecule has 0 amide bonds. The molecule has 0 aromatic heterocycles. The van der Waals surface area contributed by atoms with E-state index in [0.29, 0.717) is 6.04 Å². The zero-order chi connectivity index (χ0) is 12.8. The second-order valence-corrected chi connectivity index (χ2v) is 5.68. The van der Waals surface area contributed by atoms with Crippen LogP contribution in [0.2, 0.25) is 0 Å². The van der Waals surface area contributed by atoms with Crippen LogP contribution in [0.15, 0.2) is 23.1 Å². The molecule has 1 saturated carbocycles. The fourth-order valence-corrected chi connectivity index (χ4v) is 3.15. The van der Waals surface area contributed by atoms with Gasteiger partial charge in [-0.25, -0.2) is 0 Å². The van der Waals surface area contributed by atoms with E-state index >= 15 is 0 Å². The van der Waals surface area contributed by atoms with E-state index in [-0.39, 0.29) is 0 Å². The van der Waals surface area contributed by atoms with Crippen molar-refractivity contribution in [3.8, 4) is 6.07 Å². The number of anilines is 1. The summed E-state index contributed by atoms with van der Waals surface area (Å²) >= 11 is 1.64. The lowest BCUT2D eigenvalue weighted by Crippen LogP contribution is -2.19. The van der Waals surface area contributed by atoms with Crippen molar-refractivity contribution in [3.63, 3.8) is 0 Å². The number of benzene rings is 1. The van der Waals surface area contributed by atoms with E-state index < -0.39 is 0 Å². The van der Waals surface area contributed by atoms with E-state index in [4.69, 9.17) is 0 Å². The molecule has 0 spiro atoms. The molecule has 0 saturated heterocycles. The Morgan fingerprint density at radius 1 is 1.22 bits per heavy atom. The summed E-state index contributed by atoms with van der Waals surface area (Å²) in [5, 5.41) is 12.9. The van der Waals surface area contributed by atoms with Crippen molar-refractivity contribution < 1.29 is 0 Å². The predicted molar refractivity (Wildman–Crippen MR) is 78.1 cm³/mol. The summed E-state index contributed by atoms with van der Waals surface area (Å²) in [7, 11) is 0. The average molecular weight is 260 g/mol. The van der Waals surface area contributed by atoms with Gasteiger partial charge in [-0.05, 0) is 31.2 Å². The van der Waals surface area contributed by atoms with Gasteiger partial charge in [0.1, 0.15) is 6.07 Å². The molecule has 1 N–H and O–H groups in total. The third kappa shape index (κ3) is 3.20. The zero-order valence-corrected chi connectivity index (χ0v) is 11.7. The Morgan fingerprint density at radius 3 is 2.56 bits per heavy atom. The van der Waals surface area contributed by atoms with Crippen molar-refractivity contribution in [1.29, 1.82) is 5.26 Å². The van der Waals surface area contributed by atoms with E-state index in [1.807, 2.05) is 24.5 Å². The molecule has 0 heterocycles. The molecule has 1 aliphatic rings. The highest BCUT2D eigenvalue weighted by Crippen LogP contribution is 2.28. The second-order valence-electron chi connectivity index (χ2n) is 4.83. The Labute approximate surface area is 114 Å². The van der Waals surface area contributed by atoms with Crippen molar-refractivity contribution in [1.82, 2.24) is 0 Å². The van der Waals surface area contributed by atoms with Crippen LogP contribution >= 0.6 is 11.8 Å². The summed E-state index contributed by atoms with van der Waals surface area (Å²) in [6.45, 7) is 0. The molecule has 0 atom stereocenters. The summed E-state index contributed by atoms with van der Waals surface area (Å²) in [5.41, 5.74) is 1.81. The number of thioether (sulfide) groups is 1. The highest BCUT2D eigenvalue weighted by molar-refractivity contribution is 7.98. The maximum atomic E-state index is 9.31. The van der Waals surface area contributed by atoms with Gasteiger partial charge in [0.15, 0.2) is 0 Å². The smallest absolute Gasteiger partial charge is 0.102 e. The van der Waals surface area contributed by atoms with Crippen LogP contribution in [0.4, 0.5) is 5.69 Å². The SMILES string of the molecule is CSc1cccc(NC2CCCCCC2)c1C#N. The Balaban J connectivity index is 2.15. The lowest BCUT2D eigenvalue weighted by molar-refractivity contribution is 0.619. The van der Waals surface area contributed by atoms with Gasteiger partial charge in [-0.2, -0.15) is 5.26 Å². The average Bonchev–Trinajstić information content (AvgIpc) is 2.67. The molecule has 96 valence electrons. The molecule has 2 rings (SSSR count). The topological polar surface area (TPSA) is 35.8 Å². The zero-order valence-electron chi connectivity index (χ0n) is 10.9. The van der Waals surface area contributed by atoms with E-state index in [2.05, 4.69) is 11.4 Å². The molecule has 2 nitrogen and oxygen atoms in total. The fraction of sp³-hybridized carbons (Fsp3) is 0.533. The molecular weight excluding hydrogens is 240 g/mol. The third-order valence-electron chi connectivity index (χ3n) is 3.57. The van der Waals surface area contributed by atoms with Crippen LogP contribution in [0.3, 0.4) is 0 Å². The molecular formula is C15H20N2S. The number of rotatable bonds is 3. The van der Waals surface area contributed by atoms with Gasteiger partial charge in [-0.1, -0.05) is 31.7 Å². The van der Waals surface area contributed by atoms with Gasteiger partial charge in [0.25, 0.3) is 0 Å². The lowest BCUT2D eigenvalue weighted by atomic mass is 10.1. The van der Waals surface area contributed by atoms with Crippen LogP contribution in [0.1, 0.15) is 44.1 Å². The first-order valence-corrected chi connectivity index (χ1v) is 7.91. The number of hydrogen-bond acceptors (Lipinski definition) is 3. The van der Waals surface area contributed by atoms with Crippen molar-refractivity contribution in [3.05, 3.63) is 23.8 Å². The second kappa shape index (κ2) is 6.70. The Morgan fingerprint density at radius 2 is 1.94 bits per heavy atom. The van der Waals surface area contributed by atoms with Gasteiger partial charge in [0, 0.05) is 10.9 Å². The largest absolute Gasteiger partial charge is 0.381 e. The summed E-state index contributed by atoms with van der Waals surface area (Å²) < 4.78 is 0. The fourth-order valence-electron chi connectivity index (χ4n) is 2.58. The molecule has 1 aromatic rings. The summed E-state index contributed by atoms with van der Waals surface area (Å²) in [6, 6.07) is 8.96. The van der Waals surface area contributed by atoms with Crippen LogP contribution in [0.25, 0.3) is 0 Å². The Hall–Kier alpha value is -1.14. The number of nitrogens with zero attached hydrogens (tertiary/aromatic N) is 1. The first kappa shape index (κ1) is 13.3. The van der Waals surface area contributed by atoms with Crippen molar-refractivity contribution >= 4 is 17.4 Å². The summed E-state index contributed by atoms with van der Waals surface area (Å²) in [6.07, 6.45) is 9.81. The summed E-state index contributed by atoms with van der Waals surface area (Å²) in [4.78, 5) is 1.07. The third-order valence-corrected chi connectivity index (χ3v) is 4.35. The van der Waals surface area contributed by atoms with Gasteiger partial charge in [-0.3, -0.25) is 0 Å². The molecule has 0 aliphatic heterocycles. The van der Waals surface area contributed by atoms with Gasteiger partial charge in [0.2, 0.25) is 0 Å². The molecule has 1 aliphatic carbocycles. The highest BCUT2D eigenvalue weighted by atomic mass is 32.2. The van der Waals surface area contributed by atoms with Gasteiger partial charge in [-0.15, -0.1) is 11.8 Å². The molecule has 3 heteroatoms. The lowest BCUT2D eigenvalue weighted by Gasteiger charge is -2.19. The van der Waals surface area contributed by atoms with Crippen LogP contribution < -0.4 is 5.32 Å². The minimum absolute atomic E-state index is 0.539. The van der Waals surface area contributed by atoms with Crippen LogP contribution in [-0.4, -0.2) is 12.3 Å². The van der Waals surface area contributed by atoms with E-state index in [9.17, 15) is 5.26 Å². The normalized spacial score (nSPS) is 16.9. The van der Waals surface area contributed by atoms with Crippen LogP contribution in [0.5, 0.6) is 0 Å². The monoisotopic (exact) mass is 260 g/mol. The molecule has 0 unspecified atom stereocenters. The van der Waals surface area contributed by atoms with E-state index in [0.717, 1.165) is 16.1 Å². The maximum absolute atomic E-state index is 9.31. The van der Waals surface area contributed by atoms with Crippen molar-refractivity contribution in [2.45, 2.75) is 49.5 Å². The van der Waals surface area contributed by atoms with Crippen molar-refractivity contribution in [2.24, 2.45) is 0 Å². The standard InChI is InChI=1S/C15H20N2S/c1-18-15-10-6-9-14(13(15)11-16)17-12-7-4-2-3-5-8-12/h6,9-10,12,17H,2-5,7-8H2,1H3. The summed E-state index contributed by atoms with van der Waals surface area (Å²) in [5.74, 6) is 0. The van der Waals surface area contributed by atoms with Gasteiger partial charge < -0.3 is 5.32 Å². The minimum atomic E-state index is 0.539. The first-order valence-electron chi connectivity index (χ1n) is 6.69. The predicted octanol–water partition coefficient (Wildman–Crippen LogP) is 4.41. The van der Waals surface area contributed by atoms with Gasteiger partial charge in [0.05, 0.1) is 11.3 Å². The van der Waals surface area contributed by atoms with Crippen LogP contribution in [-0.2, 0) is 0 Å². The minimum Gasteiger partial charge on any atom is -0.381 e. The van der Waals surface area contributed by atoms with Crippen LogP contribution in [0, 0.1) is 11.3 Å². The quantitative estimate of drug-likeness (QED) is 0.645. The Bertz CT molecular complexity index is 429. The van der Waals surface area contributed by atoms with E-state index in [1.54, 1.807) is 11.8 Å². The van der Waals surface area contributed by atoms with E-state index in [1.165, 1.54) is 38.5 Å². The van der Waals surface area contributed by atoms with Crippen molar-refractivity contribution in [2.75, 3.05) is 11.6 Å². The first-order chi connectivity index (χ1) is 8.85. The molecule has 1 aromatic carbocycles. The highest BCUT2D eigenvalue weighted by Gasteiger charge is 2.14. The molecule has 1 fully saturated rings. The molecule has 0 radical (unpaired) electrons. The number of nitrogens with one attached hydrogen (secondary N) is 1. The number of hydrogen-bond donors (Lipinski definition) is 1. The molecule has 18 heavy (non-hydrogen) atoms. The van der Waals surface area contributed by atoms with Gasteiger partial charge >= 0.3 is 0 Å². The number of nitriles is 1. The Kier molecular flexibility index (Phi) is 4.95. The maximum Gasteiger partial charge on any atom is 0.102 e.